The molecule has 10 heteroatoms. The minimum absolute atomic E-state index is 0.0722. The van der Waals surface area contributed by atoms with Crippen molar-refractivity contribution in [2.75, 3.05) is 6.61 Å². The Morgan fingerprint density at radius 3 is 2.53 bits per heavy atom. The summed E-state index contributed by atoms with van der Waals surface area (Å²) in [5, 5.41) is 0.0722. The first kappa shape index (κ1) is 26.4. The van der Waals surface area contributed by atoms with Crippen LogP contribution in [0.1, 0.15) is 72.6 Å². The van der Waals surface area contributed by atoms with Gasteiger partial charge in [-0.15, -0.1) is 0 Å². The second-order valence-corrected chi connectivity index (χ2v) is 18.7. The van der Waals surface area contributed by atoms with E-state index in [1.807, 2.05) is 0 Å². The van der Waals surface area contributed by atoms with E-state index < -0.39 is 27.4 Å². The molecule has 1 aromatic rings. The van der Waals surface area contributed by atoms with Crippen LogP contribution in [0.3, 0.4) is 0 Å². The summed E-state index contributed by atoms with van der Waals surface area (Å²) in [5.41, 5.74) is -0.396. The number of nitrogens with one attached hydrogen (secondary N) is 1. The molecule has 6 rings (SSSR count). The zero-order valence-corrected chi connectivity index (χ0v) is 24.3. The topological polar surface area (TPSA) is 91.8 Å². The minimum atomic E-state index is -2.02. The summed E-state index contributed by atoms with van der Waals surface area (Å²) in [4.78, 5) is 27.0. The normalized spacial score (nSPS) is 37.6. The fraction of sp³-hybridized carbons (Fsp3) is 0.846. The van der Waals surface area contributed by atoms with Crippen molar-refractivity contribution in [3.05, 3.63) is 32.6 Å². The Morgan fingerprint density at radius 2 is 1.89 bits per heavy atom. The summed E-state index contributed by atoms with van der Waals surface area (Å²) in [7, 11) is -2.43. The van der Waals surface area contributed by atoms with Gasteiger partial charge in [-0.05, 0) is 68.5 Å². The monoisotopic (exact) mass is 518 g/mol. The van der Waals surface area contributed by atoms with E-state index in [-0.39, 0.29) is 39.6 Å². The van der Waals surface area contributed by atoms with E-state index in [4.69, 9.17) is 18.5 Å². The van der Waals surface area contributed by atoms with Gasteiger partial charge in [-0.3, -0.25) is 14.3 Å². The first-order valence-corrected chi connectivity index (χ1v) is 16.4. The molecule has 3 heterocycles. The van der Waals surface area contributed by atoms with Crippen LogP contribution in [0, 0.1) is 24.2 Å². The van der Waals surface area contributed by atoms with Gasteiger partial charge in [0.25, 0.3) is 5.56 Å². The molecule has 8 nitrogen and oxygen atoms in total. The second-order valence-electron chi connectivity index (χ2n) is 13.9. The number of nitrogens with zero attached hydrogens (tertiary/aromatic N) is 1. The number of rotatable bonds is 5. The third-order valence-corrected chi connectivity index (χ3v) is 15.0. The van der Waals surface area contributed by atoms with Crippen LogP contribution in [0.25, 0.3) is 0 Å². The molecule has 0 amide bonds. The molecule has 2 saturated heterocycles. The quantitative estimate of drug-likeness (QED) is 0.586. The lowest BCUT2D eigenvalue weighted by atomic mass is 9.43. The number of aromatic amines is 1. The summed E-state index contributed by atoms with van der Waals surface area (Å²) in [6.07, 6.45) is 3.66. The highest BCUT2D eigenvalue weighted by Gasteiger charge is 2.69. The zero-order valence-electron chi connectivity index (χ0n) is 23.3. The fourth-order valence-electron chi connectivity index (χ4n) is 6.76. The smallest absolute Gasteiger partial charge is 0.414 e. The molecule has 3 saturated carbocycles. The average molecular weight is 519 g/mol. The van der Waals surface area contributed by atoms with E-state index in [9.17, 15) is 9.59 Å². The minimum Gasteiger partial charge on any atom is -0.414 e. The third kappa shape index (κ3) is 4.02. The van der Waals surface area contributed by atoms with Crippen LogP contribution in [0.4, 0.5) is 0 Å². The SMILES string of the molecule is Cc1cn([C@H]2C[C@H](B3O[C@@H]4C[C@@H]5C[C@@H](C5(C)C)[C@]4(C)O3)[C@@H](CO[Si](C)(C)C(C)(C)C)O2)c(=O)[nH]c1=O. The highest BCUT2D eigenvalue weighted by molar-refractivity contribution is 6.74. The Labute approximate surface area is 215 Å². The van der Waals surface area contributed by atoms with Crippen molar-refractivity contribution in [1.82, 2.24) is 9.55 Å². The largest absolute Gasteiger partial charge is 0.463 e. The van der Waals surface area contributed by atoms with Crippen LogP contribution < -0.4 is 11.2 Å². The zero-order chi connectivity index (χ0) is 26.4. The van der Waals surface area contributed by atoms with Crippen LogP contribution >= 0.6 is 0 Å². The molecule has 5 fully saturated rings. The molecular formula is C26H43BN2O6Si. The van der Waals surface area contributed by atoms with Crippen LogP contribution in [-0.4, -0.2) is 49.4 Å². The van der Waals surface area contributed by atoms with Crippen molar-refractivity contribution >= 4 is 15.4 Å². The molecule has 0 spiro atoms. The van der Waals surface area contributed by atoms with Crippen LogP contribution in [0.5, 0.6) is 0 Å². The summed E-state index contributed by atoms with van der Waals surface area (Å²) in [6.45, 7) is 20.2. The number of hydrogen-bond acceptors (Lipinski definition) is 6. The lowest BCUT2D eigenvalue weighted by molar-refractivity contribution is -0.199. The molecule has 3 aliphatic carbocycles. The Morgan fingerprint density at radius 1 is 1.19 bits per heavy atom. The standard InChI is InChI=1S/C26H43BN2O6Si/c1-15-13-29(23(31)28-22(15)30)21-12-17(18(33-21)14-32-36(8,9)24(2,3)4)27-34-20-11-16-10-19(25(16,5)6)26(20,7)35-27/h13,16-21H,10-12,14H2,1-9H3,(H,28,30,31)/t16-,17-,18+,19-,20+,21+,26-/m0/s1. The van der Waals surface area contributed by atoms with E-state index in [0.717, 1.165) is 6.42 Å². The number of H-pyrrole nitrogens is 1. The lowest BCUT2D eigenvalue weighted by Crippen LogP contribution is -2.65. The highest BCUT2D eigenvalue weighted by atomic mass is 28.4. The van der Waals surface area contributed by atoms with Crippen molar-refractivity contribution in [3.63, 3.8) is 0 Å². The highest BCUT2D eigenvalue weighted by Crippen LogP contribution is 2.66. The van der Waals surface area contributed by atoms with E-state index in [1.165, 1.54) is 11.0 Å². The van der Waals surface area contributed by atoms with Gasteiger partial charge in [0.15, 0.2) is 8.32 Å². The molecule has 0 unspecified atom stereocenters. The molecular weight excluding hydrogens is 475 g/mol. The third-order valence-electron chi connectivity index (χ3n) is 10.5. The van der Waals surface area contributed by atoms with Gasteiger partial charge in [0.05, 0.1) is 24.4 Å². The van der Waals surface area contributed by atoms with E-state index in [0.29, 0.717) is 30.4 Å². The Balaban J connectivity index is 1.41. The fourth-order valence-corrected chi connectivity index (χ4v) is 7.77. The van der Waals surface area contributed by atoms with E-state index in [1.54, 1.807) is 13.1 Å². The van der Waals surface area contributed by atoms with Gasteiger partial charge in [-0.1, -0.05) is 34.6 Å². The van der Waals surface area contributed by atoms with Crippen molar-refractivity contribution in [2.24, 2.45) is 17.3 Å². The predicted octanol–water partition coefficient (Wildman–Crippen LogP) is 4.25. The van der Waals surface area contributed by atoms with Crippen molar-refractivity contribution in [1.29, 1.82) is 0 Å². The molecule has 2 bridgehead atoms. The Bertz CT molecular complexity index is 1140. The summed E-state index contributed by atoms with van der Waals surface area (Å²) >= 11 is 0. The molecule has 5 aliphatic rings. The maximum absolute atomic E-state index is 12.7. The first-order valence-electron chi connectivity index (χ1n) is 13.5. The Kier molecular flexibility index (Phi) is 6.16. The molecule has 36 heavy (non-hydrogen) atoms. The number of hydrogen-bond donors (Lipinski definition) is 1. The van der Waals surface area contributed by atoms with E-state index >= 15 is 0 Å². The molecule has 200 valence electrons. The Hall–Kier alpha value is -1.20. The van der Waals surface area contributed by atoms with Gasteiger partial charge in [0.2, 0.25) is 0 Å². The summed E-state index contributed by atoms with van der Waals surface area (Å²) < 4.78 is 28.0. The lowest BCUT2D eigenvalue weighted by Gasteiger charge is -2.64. The first-order chi connectivity index (χ1) is 16.5. The van der Waals surface area contributed by atoms with Crippen LogP contribution in [-0.2, 0) is 18.5 Å². The van der Waals surface area contributed by atoms with Gasteiger partial charge >= 0.3 is 12.8 Å². The molecule has 1 N–H and O–H groups in total. The molecule has 1 aromatic heterocycles. The van der Waals surface area contributed by atoms with Gasteiger partial charge in [0.1, 0.15) is 6.23 Å². The van der Waals surface area contributed by atoms with Crippen molar-refractivity contribution < 1.29 is 18.5 Å². The maximum atomic E-state index is 12.7. The van der Waals surface area contributed by atoms with Crippen LogP contribution in [0.15, 0.2) is 15.8 Å². The molecule has 2 aliphatic heterocycles. The van der Waals surface area contributed by atoms with Crippen molar-refractivity contribution in [3.8, 4) is 0 Å². The molecule has 0 aromatic carbocycles. The number of aromatic nitrogens is 2. The van der Waals surface area contributed by atoms with E-state index in [2.05, 4.69) is 59.6 Å². The molecule has 7 atom stereocenters. The van der Waals surface area contributed by atoms with Gasteiger partial charge < -0.3 is 18.5 Å². The summed E-state index contributed by atoms with van der Waals surface area (Å²) in [6, 6.07) is 0. The molecule has 0 radical (unpaired) electrons. The van der Waals surface area contributed by atoms with Gasteiger partial charge in [-0.2, -0.15) is 0 Å². The summed E-state index contributed by atoms with van der Waals surface area (Å²) in [5.74, 6) is 1.07. The number of aryl methyl sites for hydroxylation is 1. The predicted molar refractivity (Wildman–Crippen MR) is 142 cm³/mol. The number of ether oxygens (including phenoxy) is 1. The average Bonchev–Trinajstić information content (AvgIpc) is 3.34. The van der Waals surface area contributed by atoms with Gasteiger partial charge in [0, 0.05) is 17.6 Å². The van der Waals surface area contributed by atoms with Gasteiger partial charge in [-0.25, -0.2) is 4.79 Å². The van der Waals surface area contributed by atoms with Crippen molar-refractivity contribution in [2.45, 2.75) is 116 Å². The maximum Gasteiger partial charge on any atom is 0.463 e. The van der Waals surface area contributed by atoms with Crippen LogP contribution in [0.2, 0.25) is 23.9 Å². The second kappa shape index (κ2) is 8.40.